The monoisotopic (exact) mass is 409 g/mol. The van der Waals surface area contributed by atoms with Crippen LogP contribution in [-0.4, -0.2) is 31.9 Å². The summed E-state index contributed by atoms with van der Waals surface area (Å²) in [4.78, 5) is 32.4. The van der Waals surface area contributed by atoms with Crippen LogP contribution in [0.4, 0.5) is 5.69 Å². The standard InChI is InChI=1S/C21H23N5O2S/c1-4-21(2,3)23-19(27)18(15-9-8-12-22-13-15)26(16-10-6-5-7-11-16)20(28)17-14-29-25-24-17/h5-14,18H,4H2,1-3H3,(H,23,27)/t18-/m1/s1. The van der Waals surface area contributed by atoms with Crippen molar-refractivity contribution in [2.45, 2.75) is 38.8 Å². The van der Waals surface area contributed by atoms with Gasteiger partial charge in [-0.2, -0.15) is 0 Å². The maximum absolute atomic E-state index is 13.4. The van der Waals surface area contributed by atoms with Gasteiger partial charge in [0.15, 0.2) is 5.69 Å². The van der Waals surface area contributed by atoms with E-state index in [9.17, 15) is 9.59 Å². The summed E-state index contributed by atoms with van der Waals surface area (Å²) >= 11 is 1.09. The van der Waals surface area contributed by atoms with Gasteiger partial charge in [0.2, 0.25) is 5.91 Å². The topological polar surface area (TPSA) is 88.1 Å². The first kappa shape index (κ1) is 20.6. The first-order valence-electron chi connectivity index (χ1n) is 9.30. The smallest absolute Gasteiger partial charge is 0.280 e. The molecule has 8 heteroatoms. The van der Waals surface area contributed by atoms with E-state index in [1.165, 1.54) is 4.90 Å². The van der Waals surface area contributed by atoms with E-state index < -0.39 is 17.5 Å². The number of carbonyl (C=O) groups is 2. The lowest BCUT2D eigenvalue weighted by atomic mass is 9.99. The molecule has 0 unspecified atom stereocenters. The summed E-state index contributed by atoms with van der Waals surface area (Å²) < 4.78 is 3.80. The molecular weight excluding hydrogens is 386 g/mol. The molecule has 0 bridgehead atoms. The second kappa shape index (κ2) is 8.91. The molecule has 29 heavy (non-hydrogen) atoms. The third kappa shape index (κ3) is 4.83. The number of rotatable bonds is 7. The summed E-state index contributed by atoms with van der Waals surface area (Å²) in [6.45, 7) is 5.90. The fourth-order valence-electron chi connectivity index (χ4n) is 2.80. The van der Waals surface area contributed by atoms with Gasteiger partial charge in [-0.15, -0.1) is 5.10 Å². The SMILES string of the molecule is CCC(C)(C)NC(=O)[C@@H](c1cccnc1)N(C(=O)c1csnn1)c1ccccc1. The predicted molar refractivity (Wildman–Crippen MR) is 113 cm³/mol. The van der Waals surface area contributed by atoms with Crippen molar-refractivity contribution in [1.82, 2.24) is 19.9 Å². The van der Waals surface area contributed by atoms with Gasteiger partial charge >= 0.3 is 0 Å². The van der Waals surface area contributed by atoms with Crippen molar-refractivity contribution in [2.75, 3.05) is 4.90 Å². The quantitative estimate of drug-likeness (QED) is 0.644. The fraction of sp³-hybridized carbons (Fsp3) is 0.286. The molecule has 2 heterocycles. The van der Waals surface area contributed by atoms with E-state index in [1.54, 1.807) is 42.0 Å². The zero-order valence-corrected chi connectivity index (χ0v) is 17.4. The molecule has 3 aromatic rings. The minimum Gasteiger partial charge on any atom is -0.349 e. The summed E-state index contributed by atoms with van der Waals surface area (Å²) in [7, 11) is 0. The van der Waals surface area contributed by atoms with Crippen molar-refractivity contribution >= 4 is 29.0 Å². The number of amides is 2. The van der Waals surface area contributed by atoms with Gasteiger partial charge in [-0.3, -0.25) is 19.5 Å². The van der Waals surface area contributed by atoms with Gasteiger partial charge < -0.3 is 5.32 Å². The Kier molecular flexibility index (Phi) is 6.33. The van der Waals surface area contributed by atoms with E-state index >= 15 is 0 Å². The molecule has 1 atom stereocenters. The van der Waals surface area contributed by atoms with Crippen LogP contribution in [0.1, 0.15) is 49.3 Å². The van der Waals surface area contributed by atoms with Crippen molar-refractivity contribution < 1.29 is 9.59 Å². The molecule has 0 spiro atoms. The third-order valence-electron chi connectivity index (χ3n) is 4.68. The molecule has 2 aromatic heterocycles. The van der Waals surface area contributed by atoms with Crippen LogP contribution in [0.15, 0.2) is 60.2 Å². The number of pyridine rings is 1. The van der Waals surface area contributed by atoms with E-state index in [4.69, 9.17) is 0 Å². The van der Waals surface area contributed by atoms with Crippen LogP contribution in [0.2, 0.25) is 0 Å². The van der Waals surface area contributed by atoms with Crippen LogP contribution in [-0.2, 0) is 4.79 Å². The second-order valence-corrected chi connectivity index (χ2v) is 7.83. The highest BCUT2D eigenvalue weighted by Crippen LogP contribution is 2.30. The van der Waals surface area contributed by atoms with Gasteiger partial charge in [0, 0.05) is 34.6 Å². The largest absolute Gasteiger partial charge is 0.349 e. The van der Waals surface area contributed by atoms with E-state index in [2.05, 4.69) is 19.9 Å². The third-order valence-corrected chi connectivity index (χ3v) is 5.19. The maximum atomic E-state index is 13.4. The Morgan fingerprint density at radius 2 is 1.93 bits per heavy atom. The van der Waals surface area contributed by atoms with E-state index in [-0.39, 0.29) is 11.6 Å². The molecule has 0 fully saturated rings. The maximum Gasteiger partial charge on any atom is 0.280 e. The molecular formula is C21H23N5O2S. The zero-order chi connectivity index (χ0) is 20.9. The molecule has 0 saturated carbocycles. The Balaban J connectivity index is 2.12. The zero-order valence-electron chi connectivity index (χ0n) is 16.6. The Morgan fingerprint density at radius 3 is 2.52 bits per heavy atom. The molecule has 3 rings (SSSR count). The Bertz CT molecular complexity index is 946. The second-order valence-electron chi connectivity index (χ2n) is 7.22. The van der Waals surface area contributed by atoms with Crippen LogP contribution in [0.3, 0.4) is 0 Å². The number of aromatic nitrogens is 3. The molecule has 0 aliphatic heterocycles. The molecule has 2 amide bonds. The highest BCUT2D eigenvalue weighted by atomic mass is 32.1. The number of para-hydroxylation sites is 1. The first-order valence-corrected chi connectivity index (χ1v) is 10.1. The number of nitrogens with zero attached hydrogens (tertiary/aromatic N) is 4. The molecule has 150 valence electrons. The van der Waals surface area contributed by atoms with Crippen molar-refractivity contribution in [2.24, 2.45) is 0 Å². The van der Waals surface area contributed by atoms with Crippen LogP contribution in [0.5, 0.6) is 0 Å². The summed E-state index contributed by atoms with van der Waals surface area (Å²) in [6, 6.07) is 11.7. The fourth-order valence-corrected chi connectivity index (χ4v) is 3.23. The van der Waals surface area contributed by atoms with Gasteiger partial charge in [-0.1, -0.05) is 35.7 Å². The van der Waals surface area contributed by atoms with E-state index in [0.717, 1.165) is 18.0 Å². The molecule has 7 nitrogen and oxygen atoms in total. The normalized spacial score (nSPS) is 12.2. The minimum absolute atomic E-state index is 0.190. The van der Waals surface area contributed by atoms with Crippen LogP contribution < -0.4 is 10.2 Å². The van der Waals surface area contributed by atoms with Gasteiger partial charge in [0.05, 0.1) is 0 Å². The number of hydrogen-bond donors (Lipinski definition) is 1. The molecule has 1 N–H and O–H groups in total. The molecule has 0 aliphatic rings. The van der Waals surface area contributed by atoms with Crippen LogP contribution in [0.25, 0.3) is 0 Å². The van der Waals surface area contributed by atoms with Gasteiger partial charge in [0.25, 0.3) is 5.91 Å². The van der Waals surface area contributed by atoms with Crippen molar-refractivity contribution in [3.63, 3.8) is 0 Å². The minimum atomic E-state index is -0.911. The summed E-state index contributed by atoms with van der Waals surface area (Å²) in [5.74, 6) is -0.687. The molecule has 1 aromatic carbocycles. The lowest BCUT2D eigenvalue weighted by molar-refractivity contribution is -0.124. The average Bonchev–Trinajstić information content (AvgIpc) is 3.27. The predicted octanol–water partition coefficient (Wildman–Crippen LogP) is 3.63. The van der Waals surface area contributed by atoms with E-state index in [1.807, 2.05) is 39.0 Å². The Morgan fingerprint density at radius 1 is 1.17 bits per heavy atom. The van der Waals surface area contributed by atoms with Gasteiger partial charge in [-0.05, 0) is 50.0 Å². The lowest BCUT2D eigenvalue weighted by Crippen LogP contribution is -2.50. The Hall–Kier alpha value is -3.13. The number of carbonyl (C=O) groups excluding carboxylic acids is 2. The highest BCUT2D eigenvalue weighted by molar-refractivity contribution is 7.03. The summed E-state index contributed by atoms with van der Waals surface area (Å²) in [6.07, 6.45) is 3.98. The number of nitrogens with one attached hydrogen (secondary N) is 1. The van der Waals surface area contributed by atoms with Crippen LogP contribution >= 0.6 is 11.5 Å². The van der Waals surface area contributed by atoms with Gasteiger partial charge in [0.1, 0.15) is 6.04 Å². The average molecular weight is 410 g/mol. The van der Waals surface area contributed by atoms with Gasteiger partial charge in [-0.25, -0.2) is 0 Å². The van der Waals surface area contributed by atoms with Crippen LogP contribution in [0, 0.1) is 0 Å². The molecule has 0 aliphatic carbocycles. The summed E-state index contributed by atoms with van der Waals surface area (Å²) in [5, 5.41) is 8.56. The van der Waals surface area contributed by atoms with Crippen molar-refractivity contribution in [1.29, 1.82) is 0 Å². The number of anilines is 1. The molecule has 0 radical (unpaired) electrons. The first-order chi connectivity index (χ1) is 13.9. The van der Waals surface area contributed by atoms with Crippen molar-refractivity contribution in [3.05, 3.63) is 71.5 Å². The summed E-state index contributed by atoms with van der Waals surface area (Å²) in [5.41, 5.74) is 0.960. The number of hydrogen-bond acceptors (Lipinski definition) is 6. The molecule has 0 saturated heterocycles. The Labute approximate surface area is 174 Å². The lowest BCUT2D eigenvalue weighted by Gasteiger charge is -2.34. The number of benzene rings is 1. The van der Waals surface area contributed by atoms with Crippen molar-refractivity contribution in [3.8, 4) is 0 Å². The highest BCUT2D eigenvalue weighted by Gasteiger charge is 2.36. The van der Waals surface area contributed by atoms with E-state index in [0.29, 0.717) is 11.3 Å².